The second-order valence-electron chi connectivity index (χ2n) is 6.46. The van der Waals surface area contributed by atoms with Crippen LogP contribution in [0.1, 0.15) is 29.8 Å². The number of benzene rings is 2. The van der Waals surface area contributed by atoms with E-state index in [1.165, 1.54) is 35.5 Å². The molecule has 1 aliphatic rings. The topological polar surface area (TPSA) is 107 Å². The van der Waals surface area contributed by atoms with Crippen molar-refractivity contribution in [2.45, 2.75) is 37.3 Å². The van der Waals surface area contributed by atoms with E-state index in [1.54, 1.807) is 12.1 Å². The first kappa shape index (κ1) is 18.9. The minimum atomic E-state index is -3.87. The van der Waals surface area contributed by atoms with Crippen molar-refractivity contribution in [3.8, 4) is 0 Å². The number of hydrogen-bond acceptors (Lipinski definition) is 5. The van der Waals surface area contributed by atoms with Gasteiger partial charge in [0, 0.05) is 6.04 Å². The predicted octanol–water partition coefficient (Wildman–Crippen LogP) is 1.86. The van der Waals surface area contributed by atoms with Crippen LogP contribution >= 0.6 is 0 Å². The van der Waals surface area contributed by atoms with Crippen LogP contribution in [-0.2, 0) is 26.0 Å². The molecule has 0 radical (unpaired) electrons. The molecule has 27 heavy (non-hydrogen) atoms. The first-order chi connectivity index (χ1) is 12.7. The van der Waals surface area contributed by atoms with Gasteiger partial charge in [-0.1, -0.05) is 24.3 Å². The number of sulfonamides is 1. The average Bonchev–Trinajstić information content (AvgIpc) is 2.98. The van der Waals surface area contributed by atoms with Crippen molar-refractivity contribution in [3.63, 3.8) is 0 Å². The number of fused-ring (bicyclic) bond motifs is 1. The quantitative estimate of drug-likeness (QED) is 0.787. The third kappa shape index (κ3) is 3.52. The third-order valence-electron chi connectivity index (χ3n) is 4.46. The number of carbonyl (C=O) groups excluding carboxylic acids is 2. The Kier molecular flexibility index (Phi) is 4.93. The lowest BCUT2D eigenvalue weighted by atomic mass is 10.1. The summed E-state index contributed by atoms with van der Waals surface area (Å²) in [5, 5.41) is 0. The fraction of sp³-hybridized carbons (Fsp3) is 0.263. The Hall–Kier alpha value is -2.87. The molecule has 2 aromatic carbocycles. The van der Waals surface area contributed by atoms with Crippen LogP contribution in [0, 0.1) is 0 Å². The second kappa shape index (κ2) is 7.03. The standard InChI is InChI=1S/C19H20N2O5S/c1-12-10-14-6-3-4-9-17(14)21(12)27(24,25)16-8-5-7-15(11-16)19(23)26-13(2)18(20)22/h3-9,11-13H,10H2,1-2H3,(H2,20,22)/t12-,13+/m1/s1. The smallest absolute Gasteiger partial charge is 0.338 e. The van der Waals surface area contributed by atoms with Gasteiger partial charge in [-0.25, -0.2) is 13.2 Å². The predicted molar refractivity (Wildman–Crippen MR) is 99.8 cm³/mol. The zero-order chi connectivity index (χ0) is 19.8. The van der Waals surface area contributed by atoms with E-state index in [-0.39, 0.29) is 16.5 Å². The minimum Gasteiger partial charge on any atom is -0.449 e. The lowest BCUT2D eigenvalue weighted by molar-refractivity contribution is -0.125. The van der Waals surface area contributed by atoms with Crippen LogP contribution in [0.5, 0.6) is 0 Å². The largest absolute Gasteiger partial charge is 0.449 e. The summed E-state index contributed by atoms with van der Waals surface area (Å²) in [6, 6.07) is 12.7. The maximum absolute atomic E-state index is 13.2. The monoisotopic (exact) mass is 388 g/mol. The molecule has 142 valence electrons. The molecule has 3 rings (SSSR count). The van der Waals surface area contributed by atoms with Gasteiger partial charge in [0.2, 0.25) is 0 Å². The van der Waals surface area contributed by atoms with Crippen molar-refractivity contribution in [1.29, 1.82) is 0 Å². The Morgan fingerprint density at radius 1 is 1.19 bits per heavy atom. The highest BCUT2D eigenvalue weighted by Gasteiger charge is 2.36. The van der Waals surface area contributed by atoms with Crippen molar-refractivity contribution in [2.75, 3.05) is 4.31 Å². The molecule has 1 heterocycles. The van der Waals surface area contributed by atoms with E-state index in [4.69, 9.17) is 10.5 Å². The molecule has 2 aromatic rings. The van der Waals surface area contributed by atoms with Crippen molar-refractivity contribution in [3.05, 3.63) is 59.7 Å². The molecular weight excluding hydrogens is 368 g/mol. The molecule has 7 nitrogen and oxygen atoms in total. The van der Waals surface area contributed by atoms with Gasteiger partial charge < -0.3 is 10.5 Å². The van der Waals surface area contributed by atoms with Crippen molar-refractivity contribution in [1.82, 2.24) is 0 Å². The van der Waals surface area contributed by atoms with Gasteiger partial charge in [-0.05, 0) is 50.1 Å². The second-order valence-corrected chi connectivity index (χ2v) is 8.28. The maximum Gasteiger partial charge on any atom is 0.338 e. The summed E-state index contributed by atoms with van der Waals surface area (Å²) in [6.45, 7) is 3.19. The summed E-state index contributed by atoms with van der Waals surface area (Å²) in [7, 11) is -3.87. The third-order valence-corrected chi connectivity index (χ3v) is 6.38. The van der Waals surface area contributed by atoms with Crippen molar-refractivity contribution in [2.24, 2.45) is 5.73 Å². The maximum atomic E-state index is 13.2. The van der Waals surface area contributed by atoms with Gasteiger partial charge in [0.15, 0.2) is 6.10 Å². The Morgan fingerprint density at radius 2 is 1.89 bits per heavy atom. The highest BCUT2D eigenvalue weighted by atomic mass is 32.2. The van der Waals surface area contributed by atoms with Crippen LogP contribution in [0.2, 0.25) is 0 Å². The number of esters is 1. The highest BCUT2D eigenvalue weighted by Crippen LogP contribution is 2.36. The Balaban J connectivity index is 1.95. The fourth-order valence-corrected chi connectivity index (χ4v) is 4.83. The molecule has 0 saturated heterocycles. The highest BCUT2D eigenvalue weighted by molar-refractivity contribution is 7.92. The number of carbonyl (C=O) groups is 2. The number of hydrogen-bond donors (Lipinski definition) is 1. The number of ether oxygens (including phenoxy) is 1. The molecule has 0 spiro atoms. The summed E-state index contributed by atoms with van der Waals surface area (Å²) >= 11 is 0. The Morgan fingerprint density at radius 3 is 2.59 bits per heavy atom. The van der Waals surface area contributed by atoms with Crippen LogP contribution in [0.4, 0.5) is 5.69 Å². The van der Waals surface area contributed by atoms with Crippen LogP contribution in [0.3, 0.4) is 0 Å². The normalized spacial score (nSPS) is 17.3. The van der Waals surface area contributed by atoms with E-state index in [0.717, 1.165) is 5.56 Å². The molecule has 2 N–H and O–H groups in total. The first-order valence-corrected chi connectivity index (χ1v) is 9.88. The van der Waals surface area contributed by atoms with E-state index in [2.05, 4.69) is 0 Å². The minimum absolute atomic E-state index is 0.0211. The lowest BCUT2D eigenvalue weighted by Crippen LogP contribution is -2.35. The van der Waals surface area contributed by atoms with Gasteiger partial charge in [0.05, 0.1) is 16.1 Å². The number of para-hydroxylation sites is 1. The number of rotatable bonds is 5. The summed E-state index contributed by atoms with van der Waals surface area (Å²) in [4.78, 5) is 23.2. The van der Waals surface area contributed by atoms with Crippen LogP contribution in [0.15, 0.2) is 53.4 Å². The zero-order valence-corrected chi connectivity index (χ0v) is 15.8. The average molecular weight is 388 g/mol. The van der Waals surface area contributed by atoms with Gasteiger partial charge in [-0.2, -0.15) is 0 Å². The molecule has 0 unspecified atom stereocenters. The van der Waals surface area contributed by atoms with Gasteiger partial charge in [0.1, 0.15) is 0 Å². The molecule has 0 fully saturated rings. The lowest BCUT2D eigenvalue weighted by Gasteiger charge is -2.24. The molecular formula is C19H20N2O5S. The molecule has 1 aliphatic heterocycles. The SMILES string of the molecule is C[C@H](OC(=O)c1cccc(S(=O)(=O)N2c3ccccc3C[C@H]2C)c1)C(N)=O. The number of anilines is 1. The summed E-state index contributed by atoms with van der Waals surface area (Å²) in [6.07, 6.45) is -0.490. The molecule has 0 saturated carbocycles. The molecule has 1 amide bonds. The van der Waals surface area contributed by atoms with Gasteiger partial charge in [0.25, 0.3) is 15.9 Å². The Bertz CT molecular complexity index is 1000. The zero-order valence-electron chi connectivity index (χ0n) is 15.0. The molecule has 0 aliphatic carbocycles. The molecule has 0 aromatic heterocycles. The number of nitrogens with zero attached hydrogens (tertiary/aromatic N) is 1. The van der Waals surface area contributed by atoms with Crippen molar-refractivity contribution >= 4 is 27.6 Å². The first-order valence-electron chi connectivity index (χ1n) is 8.44. The van der Waals surface area contributed by atoms with E-state index >= 15 is 0 Å². The number of nitrogens with two attached hydrogens (primary N) is 1. The van der Waals surface area contributed by atoms with Gasteiger partial charge in [-0.15, -0.1) is 0 Å². The van der Waals surface area contributed by atoms with Crippen molar-refractivity contribution < 1.29 is 22.7 Å². The summed E-state index contributed by atoms with van der Waals surface area (Å²) in [5.74, 6) is -1.59. The van der Waals surface area contributed by atoms with E-state index in [1.807, 2.05) is 19.1 Å². The fourth-order valence-electron chi connectivity index (χ4n) is 3.09. The van der Waals surface area contributed by atoms with E-state index < -0.39 is 28.0 Å². The number of primary amides is 1. The Labute approximate surface area is 157 Å². The summed E-state index contributed by atoms with van der Waals surface area (Å²) in [5.41, 5.74) is 6.71. The van der Waals surface area contributed by atoms with Crippen LogP contribution < -0.4 is 10.0 Å². The van der Waals surface area contributed by atoms with Crippen LogP contribution in [-0.4, -0.2) is 32.4 Å². The van der Waals surface area contributed by atoms with E-state index in [9.17, 15) is 18.0 Å². The van der Waals surface area contributed by atoms with E-state index in [0.29, 0.717) is 12.1 Å². The summed E-state index contributed by atoms with van der Waals surface area (Å²) < 4.78 is 32.7. The van der Waals surface area contributed by atoms with Gasteiger partial charge >= 0.3 is 5.97 Å². The van der Waals surface area contributed by atoms with Crippen LogP contribution in [0.25, 0.3) is 0 Å². The molecule has 0 bridgehead atoms. The van der Waals surface area contributed by atoms with Gasteiger partial charge in [-0.3, -0.25) is 9.10 Å². The molecule has 2 atom stereocenters. The molecule has 8 heteroatoms. The number of amides is 1.